The number of nitrogens with two attached hydrogens (primary N) is 1. The maximum atomic E-state index is 5.91. The number of thiocarbonyl (C=S) groups is 1. The van der Waals surface area contributed by atoms with Gasteiger partial charge in [-0.1, -0.05) is 26.1 Å². The summed E-state index contributed by atoms with van der Waals surface area (Å²) in [5.41, 5.74) is 8.70. The standard InChI is InChI=1S/C15H20N4OS/c1-4-10-11(5-2)18-19-15(13(10)14(16)21)17-9(3)12-7-6-8-20-12/h6-9H,4-5H2,1-3H3,(H2,16,21)(H,17,19). The smallest absolute Gasteiger partial charge is 0.159 e. The summed E-state index contributed by atoms with van der Waals surface area (Å²) in [5.74, 6) is 1.43. The van der Waals surface area contributed by atoms with E-state index in [-0.39, 0.29) is 6.04 Å². The molecular formula is C15H20N4OS. The van der Waals surface area contributed by atoms with Crippen LogP contribution < -0.4 is 11.1 Å². The highest BCUT2D eigenvalue weighted by Gasteiger charge is 2.19. The summed E-state index contributed by atoms with van der Waals surface area (Å²) in [6.07, 6.45) is 3.26. The van der Waals surface area contributed by atoms with E-state index in [1.54, 1.807) is 6.26 Å². The normalized spacial score (nSPS) is 12.1. The van der Waals surface area contributed by atoms with E-state index in [9.17, 15) is 0 Å². The number of nitrogens with one attached hydrogen (secondary N) is 1. The fourth-order valence-electron chi connectivity index (χ4n) is 2.35. The van der Waals surface area contributed by atoms with E-state index in [4.69, 9.17) is 22.4 Å². The molecule has 112 valence electrons. The van der Waals surface area contributed by atoms with Crippen LogP contribution >= 0.6 is 12.2 Å². The molecule has 1 unspecified atom stereocenters. The Morgan fingerprint density at radius 1 is 1.38 bits per heavy atom. The van der Waals surface area contributed by atoms with E-state index in [0.717, 1.165) is 35.4 Å². The average Bonchev–Trinajstić information content (AvgIpc) is 3.00. The van der Waals surface area contributed by atoms with E-state index in [1.807, 2.05) is 26.0 Å². The largest absolute Gasteiger partial charge is 0.467 e. The molecule has 5 nitrogen and oxygen atoms in total. The van der Waals surface area contributed by atoms with Gasteiger partial charge in [0.25, 0.3) is 0 Å². The average molecular weight is 304 g/mol. The molecule has 2 aromatic rings. The molecule has 0 fully saturated rings. The molecule has 0 bridgehead atoms. The molecule has 0 aromatic carbocycles. The van der Waals surface area contributed by atoms with Gasteiger partial charge in [-0.3, -0.25) is 0 Å². The number of anilines is 1. The molecule has 0 saturated carbocycles. The van der Waals surface area contributed by atoms with Crippen LogP contribution in [0.2, 0.25) is 0 Å². The fraction of sp³-hybridized carbons (Fsp3) is 0.400. The lowest BCUT2D eigenvalue weighted by Gasteiger charge is -2.18. The topological polar surface area (TPSA) is 77.0 Å². The molecular weight excluding hydrogens is 284 g/mol. The van der Waals surface area contributed by atoms with E-state index in [2.05, 4.69) is 22.4 Å². The van der Waals surface area contributed by atoms with Crippen molar-refractivity contribution in [3.05, 3.63) is 41.0 Å². The van der Waals surface area contributed by atoms with Gasteiger partial charge >= 0.3 is 0 Å². The van der Waals surface area contributed by atoms with Gasteiger partial charge in [0.15, 0.2) is 5.82 Å². The van der Waals surface area contributed by atoms with Gasteiger partial charge in [0, 0.05) is 0 Å². The van der Waals surface area contributed by atoms with Crippen molar-refractivity contribution in [1.29, 1.82) is 0 Å². The minimum Gasteiger partial charge on any atom is -0.467 e. The lowest BCUT2D eigenvalue weighted by Crippen LogP contribution is -2.20. The third-order valence-corrected chi connectivity index (χ3v) is 3.62. The van der Waals surface area contributed by atoms with Gasteiger partial charge in [-0.25, -0.2) is 0 Å². The van der Waals surface area contributed by atoms with Gasteiger partial charge in [0.1, 0.15) is 10.7 Å². The van der Waals surface area contributed by atoms with Gasteiger partial charge in [0.05, 0.1) is 23.6 Å². The van der Waals surface area contributed by atoms with Crippen LogP contribution in [-0.4, -0.2) is 15.2 Å². The zero-order chi connectivity index (χ0) is 15.4. The molecule has 0 radical (unpaired) electrons. The van der Waals surface area contributed by atoms with Crippen LogP contribution in [0.15, 0.2) is 22.8 Å². The van der Waals surface area contributed by atoms with Crippen LogP contribution in [-0.2, 0) is 12.8 Å². The molecule has 0 aliphatic rings. The Morgan fingerprint density at radius 3 is 2.67 bits per heavy atom. The van der Waals surface area contributed by atoms with E-state index >= 15 is 0 Å². The third kappa shape index (κ3) is 3.21. The van der Waals surface area contributed by atoms with Crippen LogP contribution in [0.25, 0.3) is 0 Å². The Kier molecular flexibility index (Phi) is 4.90. The summed E-state index contributed by atoms with van der Waals surface area (Å²) in [6, 6.07) is 3.72. The summed E-state index contributed by atoms with van der Waals surface area (Å²) < 4.78 is 5.39. The van der Waals surface area contributed by atoms with Crippen LogP contribution in [0, 0.1) is 0 Å². The molecule has 0 spiro atoms. The molecule has 6 heteroatoms. The molecule has 0 aliphatic heterocycles. The van der Waals surface area contributed by atoms with Crippen molar-refractivity contribution in [2.45, 2.75) is 39.7 Å². The summed E-state index contributed by atoms with van der Waals surface area (Å²) in [6.45, 7) is 6.10. The maximum absolute atomic E-state index is 5.91. The number of aromatic nitrogens is 2. The number of furan rings is 1. The van der Waals surface area contributed by atoms with Gasteiger partial charge in [-0.05, 0) is 37.5 Å². The van der Waals surface area contributed by atoms with Gasteiger partial charge in [0.2, 0.25) is 0 Å². The molecule has 2 rings (SSSR count). The SMILES string of the molecule is CCc1nnc(NC(C)c2ccco2)c(C(N)=S)c1CC. The second kappa shape index (κ2) is 6.67. The molecule has 2 heterocycles. The highest BCUT2D eigenvalue weighted by Crippen LogP contribution is 2.25. The van der Waals surface area contributed by atoms with Crippen molar-refractivity contribution >= 4 is 23.0 Å². The number of rotatable bonds is 6. The number of hydrogen-bond acceptors (Lipinski definition) is 5. The lowest BCUT2D eigenvalue weighted by atomic mass is 10.0. The zero-order valence-corrected chi connectivity index (χ0v) is 13.3. The Hall–Kier alpha value is -1.95. The minimum absolute atomic E-state index is 0.0421. The predicted octanol–water partition coefficient (Wildman–Crippen LogP) is 3.00. The van der Waals surface area contributed by atoms with Crippen molar-refractivity contribution in [2.75, 3.05) is 5.32 Å². The quantitative estimate of drug-likeness (QED) is 0.799. The predicted molar refractivity (Wildman–Crippen MR) is 87.4 cm³/mol. The first-order valence-corrected chi connectivity index (χ1v) is 7.47. The first kappa shape index (κ1) is 15.4. The van der Waals surface area contributed by atoms with E-state index < -0.39 is 0 Å². The second-order valence-corrected chi connectivity index (χ2v) is 5.24. The second-order valence-electron chi connectivity index (χ2n) is 4.80. The van der Waals surface area contributed by atoms with E-state index in [0.29, 0.717) is 10.8 Å². The monoisotopic (exact) mass is 304 g/mol. The minimum atomic E-state index is -0.0421. The summed E-state index contributed by atoms with van der Waals surface area (Å²) in [7, 11) is 0. The Labute approximate surface area is 129 Å². The summed E-state index contributed by atoms with van der Waals surface area (Å²) >= 11 is 5.21. The van der Waals surface area contributed by atoms with Gasteiger partial charge in [-0.2, -0.15) is 5.10 Å². The summed E-state index contributed by atoms with van der Waals surface area (Å²) in [4.78, 5) is 0.339. The fourth-order valence-corrected chi connectivity index (χ4v) is 2.57. The van der Waals surface area contributed by atoms with E-state index in [1.165, 1.54) is 0 Å². The first-order chi connectivity index (χ1) is 10.1. The number of hydrogen-bond donors (Lipinski definition) is 2. The maximum Gasteiger partial charge on any atom is 0.159 e. The third-order valence-electron chi connectivity index (χ3n) is 3.42. The van der Waals surface area contributed by atoms with Gasteiger partial charge < -0.3 is 15.5 Å². The Bertz CT molecular complexity index is 625. The van der Waals surface area contributed by atoms with Crippen LogP contribution in [0.3, 0.4) is 0 Å². The summed E-state index contributed by atoms with van der Waals surface area (Å²) in [5, 5.41) is 11.8. The molecule has 1 atom stereocenters. The van der Waals surface area contributed by atoms with Crippen molar-refractivity contribution in [1.82, 2.24) is 10.2 Å². The van der Waals surface area contributed by atoms with Crippen molar-refractivity contribution in [2.24, 2.45) is 5.73 Å². The Balaban J connectivity index is 2.41. The van der Waals surface area contributed by atoms with Crippen molar-refractivity contribution in [3.63, 3.8) is 0 Å². The number of nitrogens with zero attached hydrogens (tertiary/aromatic N) is 2. The van der Waals surface area contributed by atoms with Crippen LogP contribution in [0.4, 0.5) is 5.82 Å². The molecule has 21 heavy (non-hydrogen) atoms. The zero-order valence-electron chi connectivity index (χ0n) is 12.5. The number of aryl methyl sites for hydroxylation is 1. The molecule has 0 saturated heterocycles. The molecule has 0 aliphatic carbocycles. The van der Waals surface area contributed by atoms with Crippen LogP contribution in [0.5, 0.6) is 0 Å². The Morgan fingerprint density at radius 2 is 2.14 bits per heavy atom. The molecule has 2 aromatic heterocycles. The molecule has 0 amide bonds. The lowest BCUT2D eigenvalue weighted by molar-refractivity contribution is 0.490. The highest BCUT2D eigenvalue weighted by atomic mass is 32.1. The molecule has 3 N–H and O–H groups in total. The van der Waals surface area contributed by atoms with Crippen molar-refractivity contribution in [3.8, 4) is 0 Å². The van der Waals surface area contributed by atoms with Gasteiger partial charge in [-0.15, -0.1) is 5.10 Å². The van der Waals surface area contributed by atoms with Crippen molar-refractivity contribution < 1.29 is 4.42 Å². The first-order valence-electron chi connectivity index (χ1n) is 7.06. The highest BCUT2D eigenvalue weighted by molar-refractivity contribution is 7.80. The van der Waals surface area contributed by atoms with Crippen LogP contribution in [0.1, 0.15) is 49.4 Å².